The number of alkyl carbamates (subject to hydrolysis) is 1. The fraction of sp³-hybridized carbons (Fsp3) is 0.500. The lowest BCUT2D eigenvalue weighted by atomic mass is 9.89. The van der Waals surface area contributed by atoms with Crippen molar-refractivity contribution in [3.05, 3.63) is 59.8 Å². The SMILES string of the molecule is C[C@@H]1CN(c2ccc(C#N)c3ncccc23)C[C@@H]2COc3cc(N4CCC(C)(NC(=O)OC(C)(C)C)CC4)ccc3CN21. The standard InChI is InChI=1S/C34H42N6O3/c1-23-19-39(29-11-9-24(18-35)31-28(29)7-6-14-36-31)21-27-22-42-30-17-26(10-8-25(30)20-40(23)27)38-15-12-34(5,13-16-38)37-32(41)43-33(2,3)4/h6-11,14,17,23,27H,12-13,15-16,19-22H2,1-5H3,(H,37,41)/t23-,27-/m1/s1. The van der Waals surface area contributed by atoms with Gasteiger partial charge in [-0.05, 0) is 77.8 Å². The number of benzene rings is 2. The molecule has 2 atom stereocenters. The summed E-state index contributed by atoms with van der Waals surface area (Å²) < 4.78 is 12.0. The topological polar surface area (TPSA) is 94.0 Å². The fourth-order valence-corrected chi connectivity index (χ4v) is 6.69. The number of amides is 1. The summed E-state index contributed by atoms with van der Waals surface area (Å²) in [6, 6.07) is 17.4. The number of hydrogen-bond acceptors (Lipinski definition) is 8. The third-order valence-electron chi connectivity index (χ3n) is 9.03. The average Bonchev–Trinajstić information content (AvgIpc) is 3.15. The summed E-state index contributed by atoms with van der Waals surface area (Å²) in [6.45, 7) is 14.9. The van der Waals surface area contributed by atoms with E-state index in [0.29, 0.717) is 18.2 Å². The highest BCUT2D eigenvalue weighted by molar-refractivity contribution is 5.95. The molecule has 3 aliphatic rings. The second-order valence-electron chi connectivity index (χ2n) is 13.5. The van der Waals surface area contributed by atoms with Gasteiger partial charge in [-0.1, -0.05) is 6.07 Å². The Balaban J connectivity index is 1.13. The van der Waals surface area contributed by atoms with E-state index in [9.17, 15) is 10.1 Å². The Bertz CT molecular complexity index is 1550. The molecule has 0 bridgehead atoms. The molecule has 0 unspecified atom stereocenters. The monoisotopic (exact) mass is 582 g/mol. The van der Waals surface area contributed by atoms with E-state index in [-0.39, 0.29) is 17.7 Å². The molecular formula is C34H42N6O3. The highest BCUT2D eigenvalue weighted by Gasteiger charge is 2.37. The minimum Gasteiger partial charge on any atom is -0.491 e. The van der Waals surface area contributed by atoms with Gasteiger partial charge in [0.15, 0.2) is 0 Å². The molecule has 4 heterocycles. The minimum absolute atomic E-state index is 0.233. The van der Waals surface area contributed by atoms with E-state index in [4.69, 9.17) is 9.47 Å². The summed E-state index contributed by atoms with van der Waals surface area (Å²) in [5.41, 5.74) is 4.06. The first-order valence-electron chi connectivity index (χ1n) is 15.3. The van der Waals surface area contributed by atoms with E-state index in [0.717, 1.165) is 73.6 Å². The van der Waals surface area contributed by atoms with Gasteiger partial charge in [-0.2, -0.15) is 5.26 Å². The molecule has 0 spiro atoms. The maximum absolute atomic E-state index is 12.4. The molecule has 1 N–H and O–H groups in total. The Labute approximate surface area is 254 Å². The summed E-state index contributed by atoms with van der Waals surface area (Å²) >= 11 is 0. The number of aromatic nitrogens is 1. The Morgan fingerprint density at radius 2 is 1.93 bits per heavy atom. The van der Waals surface area contributed by atoms with Gasteiger partial charge < -0.3 is 24.6 Å². The predicted octanol–water partition coefficient (Wildman–Crippen LogP) is 5.46. The van der Waals surface area contributed by atoms with Crippen molar-refractivity contribution < 1.29 is 14.3 Å². The summed E-state index contributed by atoms with van der Waals surface area (Å²) in [7, 11) is 0. The molecule has 0 saturated carbocycles. The van der Waals surface area contributed by atoms with Crippen molar-refractivity contribution in [3.8, 4) is 11.8 Å². The molecule has 2 aromatic carbocycles. The van der Waals surface area contributed by atoms with Crippen molar-refractivity contribution in [2.45, 2.75) is 77.2 Å². The first-order valence-corrected chi connectivity index (χ1v) is 15.3. The van der Waals surface area contributed by atoms with Crippen LogP contribution in [0.4, 0.5) is 16.2 Å². The molecular weight excluding hydrogens is 540 g/mol. The number of carbonyl (C=O) groups excluding carboxylic acids is 1. The molecule has 3 aromatic rings. The van der Waals surface area contributed by atoms with Crippen LogP contribution >= 0.6 is 0 Å². The number of nitrogens with one attached hydrogen (secondary N) is 1. The number of anilines is 2. The van der Waals surface area contributed by atoms with Crippen molar-refractivity contribution in [3.63, 3.8) is 0 Å². The molecule has 3 aliphatic heterocycles. The lowest BCUT2D eigenvalue weighted by Crippen LogP contribution is -2.58. The van der Waals surface area contributed by atoms with E-state index in [2.05, 4.69) is 75.2 Å². The van der Waals surface area contributed by atoms with Gasteiger partial charge in [0, 0.05) is 78.9 Å². The normalized spacial score (nSPS) is 22.0. The van der Waals surface area contributed by atoms with Gasteiger partial charge in [0.25, 0.3) is 0 Å². The van der Waals surface area contributed by atoms with E-state index in [1.807, 2.05) is 32.9 Å². The molecule has 1 amide bonds. The molecule has 9 heteroatoms. The number of nitriles is 1. The van der Waals surface area contributed by atoms with Crippen LogP contribution in [0.3, 0.4) is 0 Å². The largest absolute Gasteiger partial charge is 0.491 e. The first kappa shape index (κ1) is 29.1. The van der Waals surface area contributed by atoms with Gasteiger partial charge in [-0.3, -0.25) is 9.88 Å². The van der Waals surface area contributed by atoms with Crippen molar-refractivity contribution >= 4 is 28.4 Å². The number of fused-ring (bicyclic) bond motifs is 3. The summed E-state index contributed by atoms with van der Waals surface area (Å²) in [5, 5.41) is 13.7. The van der Waals surface area contributed by atoms with Crippen LogP contribution in [0.1, 0.15) is 58.6 Å². The third-order valence-corrected chi connectivity index (χ3v) is 9.03. The van der Waals surface area contributed by atoms with E-state index in [1.165, 1.54) is 5.56 Å². The average molecular weight is 583 g/mol. The molecule has 9 nitrogen and oxygen atoms in total. The van der Waals surface area contributed by atoms with Gasteiger partial charge in [-0.25, -0.2) is 4.79 Å². The van der Waals surface area contributed by atoms with Crippen molar-refractivity contribution in [2.75, 3.05) is 42.6 Å². The predicted molar refractivity (Wildman–Crippen MR) is 169 cm³/mol. The number of carbonyl (C=O) groups is 1. The zero-order valence-corrected chi connectivity index (χ0v) is 25.9. The zero-order chi connectivity index (χ0) is 30.4. The van der Waals surface area contributed by atoms with E-state index in [1.54, 1.807) is 6.20 Å². The highest BCUT2D eigenvalue weighted by atomic mass is 16.6. The Kier molecular flexibility index (Phi) is 7.59. The number of pyridine rings is 1. The molecule has 226 valence electrons. The quantitative estimate of drug-likeness (QED) is 0.435. The Hall–Kier alpha value is -4.03. The van der Waals surface area contributed by atoms with Crippen molar-refractivity contribution in [2.24, 2.45) is 0 Å². The highest BCUT2D eigenvalue weighted by Crippen LogP contribution is 2.36. The second kappa shape index (κ2) is 11.2. The second-order valence-corrected chi connectivity index (χ2v) is 13.5. The molecule has 43 heavy (non-hydrogen) atoms. The smallest absolute Gasteiger partial charge is 0.408 e. The van der Waals surface area contributed by atoms with Crippen LogP contribution < -0.4 is 19.9 Å². The number of rotatable bonds is 3. The Morgan fingerprint density at radius 3 is 2.67 bits per heavy atom. The van der Waals surface area contributed by atoms with Gasteiger partial charge in [0.1, 0.15) is 24.0 Å². The lowest BCUT2D eigenvalue weighted by molar-refractivity contribution is 0.0448. The van der Waals surface area contributed by atoms with Crippen molar-refractivity contribution in [1.82, 2.24) is 15.2 Å². The number of ether oxygens (including phenoxy) is 2. The molecule has 0 radical (unpaired) electrons. The molecule has 2 saturated heterocycles. The lowest BCUT2D eigenvalue weighted by Gasteiger charge is -2.45. The van der Waals surface area contributed by atoms with E-state index < -0.39 is 5.60 Å². The van der Waals surface area contributed by atoms with Crippen molar-refractivity contribution in [1.29, 1.82) is 5.26 Å². The minimum atomic E-state index is -0.511. The van der Waals surface area contributed by atoms with Gasteiger partial charge in [0.05, 0.1) is 17.1 Å². The van der Waals surface area contributed by atoms with E-state index >= 15 is 0 Å². The zero-order valence-electron chi connectivity index (χ0n) is 25.9. The summed E-state index contributed by atoms with van der Waals surface area (Å²) in [4.78, 5) is 24.3. The maximum Gasteiger partial charge on any atom is 0.408 e. The molecule has 2 fully saturated rings. The Morgan fingerprint density at radius 1 is 1.14 bits per heavy atom. The summed E-state index contributed by atoms with van der Waals surface area (Å²) in [5.74, 6) is 0.957. The third kappa shape index (κ3) is 6.07. The van der Waals surface area contributed by atoms with Crippen LogP contribution in [0, 0.1) is 11.3 Å². The van der Waals surface area contributed by atoms with Gasteiger partial charge in [0.2, 0.25) is 0 Å². The van der Waals surface area contributed by atoms with Gasteiger partial charge in [-0.15, -0.1) is 0 Å². The number of piperidine rings is 1. The van der Waals surface area contributed by atoms with Crippen LogP contribution in [0.5, 0.6) is 5.75 Å². The summed E-state index contributed by atoms with van der Waals surface area (Å²) in [6.07, 6.45) is 3.08. The van der Waals surface area contributed by atoms with Crippen LogP contribution in [0.15, 0.2) is 48.7 Å². The first-order chi connectivity index (χ1) is 20.5. The van der Waals surface area contributed by atoms with Crippen LogP contribution in [-0.2, 0) is 11.3 Å². The van der Waals surface area contributed by atoms with Gasteiger partial charge >= 0.3 is 6.09 Å². The molecule has 1 aromatic heterocycles. The van der Waals surface area contributed by atoms with Crippen LogP contribution in [-0.4, -0.2) is 72.0 Å². The van der Waals surface area contributed by atoms with Crippen LogP contribution in [0.25, 0.3) is 10.9 Å². The van der Waals surface area contributed by atoms with Crippen LogP contribution in [0.2, 0.25) is 0 Å². The number of piperazine rings is 1. The molecule has 6 rings (SSSR count). The maximum atomic E-state index is 12.4. The number of nitrogens with zero attached hydrogens (tertiary/aromatic N) is 5. The fourth-order valence-electron chi connectivity index (χ4n) is 6.69. The molecule has 0 aliphatic carbocycles. The number of hydrogen-bond donors (Lipinski definition) is 1.